The van der Waals surface area contributed by atoms with E-state index in [1.807, 2.05) is 0 Å². The topological polar surface area (TPSA) is 145 Å². The van der Waals surface area contributed by atoms with E-state index in [1.54, 1.807) is 44.2 Å². The van der Waals surface area contributed by atoms with E-state index in [0.717, 1.165) is 5.56 Å². The Balaban J connectivity index is 1.81. The van der Waals surface area contributed by atoms with Gasteiger partial charge in [-0.1, -0.05) is 49.7 Å². The lowest BCUT2D eigenvalue weighted by atomic mass is 10.0. The minimum Gasteiger partial charge on any atom is -0.454 e. The van der Waals surface area contributed by atoms with E-state index in [1.165, 1.54) is 18.2 Å². The first-order valence-corrected chi connectivity index (χ1v) is 12.0. The van der Waals surface area contributed by atoms with Gasteiger partial charge in [0, 0.05) is 6.54 Å². The van der Waals surface area contributed by atoms with Crippen molar-refractivity contribution in [3.05, 3.63) is 64.7 Å². The zero-order chi connectivity index (χ0) is 24.6. The molecule has 0 unspecified atom stereocenters. The summed E-state index contributed by atoms with van der Waals surface area (Å²) in [6.07, 6.45) is 0.438. The Bertz CT molecular complexity index is 1100. The highest BCUT2D eigenvalue weighted by Crippen LogP contribution is 2.16. The van der Waals surface area contributed by atoms with Crippen LogP contribution in [0.25, 0.3) is 0 Å². The molecule has 2 aromatic carbocycles. The number of amides is 2. The molecule has 178 valence electrons. The van der Waals surface area contributed by atoms with Crippen molar-refractivity contribution in [2.24, 2.45) is 11.1 Å². The summed E-state index contributed by atoms with van der Waals surface area (Å²) in [6, 6.07) is 11.5. The molecule has 0 bridgehead atoms. The van der Waals surface area contributed by atoms with Crippen molar-refractivity contribution in [3.63, 3.8) is 0 Å². The molecular formula is C22H26ClN3O6S. The highest BCUT2D eigenvalue weighted by molar-refractivity contribution is 7.89. The molecule has 4 N–H and O–H groups in total. The van der Waals surface area contributed by atoms with Crippen LogP contribution in [0.5, 0.6) is 0 Å². The monoisotopic (exact) mass is 495 g/mol. The first-order chi connectivity index (χ1) is 15.5. The second-order valence-corrected chi connectivity index (χ2v) is 9.54. The second kappa shape index (κ2) is 11.8. The molecule has 0 radical (unpaired) electrons. The Kier molecular flexibility index (Phi) is 9.39. The summed E-state index contributed by atoms with van der Waals surface area (Å²) in [5.74, 6) is -2.05. The first kappa shape index (κ1) is 26.3. The number of rotatable bonds is 10. The smallest absolute Gasteiger partial charge is 0.329 e. The minimum absolute atomic E-state index is 0.00327. The molecule has 0 aromatic heterocycles. The van der Waals surface area contributed by atoms with Gasteiger partial charge in [-0.05, 0) is 42.2 Å². The van der Waals surface area contributed by atoms with Crippen molar-refractivity contribution in [1.82, 2.24) is 10.6 Å². The highest BCUT2D eigenvalue weighted by Gasteiger charge is 2.27. The number of halogens is 1. The van der Waals surface area contributed by atoms with Crippen LogP contribution in [-0.4, -0.2) is 45.4 Å². The SMILES string of the molecule is CC(C)[C@H](NC(=O)c1ccccc1Cl)C(=O)OCC(=O)NCCc1ccc(S(N)(=O)=O)cc1. The summed E-state index contributed by atoms with van der Waals surface area (Å²) in [5.41, 5.74) is 1.02. The number of hydrogen-bond acceptors (Lipinski definition) is 6. The third-order valence-electron chi connectivity index (χ3n) is 4.66. The van der Waals surface area contributed by atoms with Crippen molar-refractivity contribution < 1.29 is 27.5 Å². The Morgan fingerprint density at radius 2 is 1.70 bits per heavy atom. The van der Waals surface area contributed by atoms with Gasteiger partial charge in [-0.3, -0.25) is 9.59 Å². The number of benzene rings is 2. The van der Waals surface area contributed by atoms with Crippen LogP contribution in [0.15, 0.2) is 53.4 Å². The second-order valence-electron chi connectivity index (χ2n) is 7.57. The van der Waals surface area contributed by atoms with E-state index in [4.69, 9.17) is 21.5 Å². The van der Waals surface area contributed by atoms with Crippen LogP contribution >= 0.6 is 11.6 Å². The molecular weight excluding hydrogens is 470 g/mol. The van der Waals surface area contributed by atoms with Gasteiger partial charge in [0.05, 0.1) is 15.5 Å². The van der Waals surface area contributed by atoms with Gasteiger partial charge in [-0.15, -0.1) is 0 Å². The van der Waals surface area contributed by atoms with Crippen LogP contribution in [0, 0.1) is 5.92 Å². The van der Waals surface area contributed by atoms with Gasteiger partial charge < -0.3 is 15.4 Å². The molecule has 0 spiro atoms. The van der Waals surface area contributed by atoms with Crippen LogP contribution in [0.3, 0.4) is 0 Å². The molecule has 0 aliphatic heterocycles. The van der Waals surface area contributed by atoms with Crippen LogP contribution in [0.1, 0.15) is 29.8 Å². The molecule has 33 heavy (non-hydrogen) atoms. The molecule has 2 amide bonds. The standard InChI is InChI=1S/C22H26ClN3O6S/c1-14(2)20(26-21(28)17-5-3-4-6-18(17)23)22(29)32-13-19(27)25-12-11-15-7-9-16(10-8-15)33(24,30)31/h3-10,14,20H,11-13H2,1-2H3,(H,25,27)(H,26,28)(H2,24,30,31)/t20-/m0/s1. The van der Waals surface area contributed by atoms with Crippen LogP contribution in [0.2, 0.25) is 5.02 Å². The number of esters is 1. The van der Waals surface area contributed by atoms with Crippen LogP contribution in [0.4, 0.5) is 0 Å². The van der Waals surface area contributed by atoms with E-state index < -0.39 is 40.5 Å². The Morgan fingerprint density at radius 3 is 2.27 bits per heavy atom. The molecule has 0 fully saturated rings. The fourth-order valence-corrected chi connectivity index (χ4v) is 3.57. The molecule has 11 heteroatoms. The lowest BCUT2D eigenvalue weighted by molar-refractivity contribution is -0.151. The molecule has 0 saturated heterocycles. The average molecular weight is 496 g/mol. The minimum atomic E-state index is -3.76. The molecule has 0 aliphatic rings. The fraction of sp³-hybridized carbons (Fsp3) is 0.318. The average Bonchev–Trinajstić information content (AvgIpc) is 2.75. The zero-order valence-electron chi connectivity index (χ0n) is 18.2. The number of carbonyl (C=O) groups excluding carboxylic acids is 3. The molecule has 2 aromatic rings. The van der Waals surface area contributed by atoms with Gasteiger partial charge in [0.25, 0.3) is 11.8 Å². The number of primary sulfonamides is 1. The van der Waals surface area contributed by atoms with Gasteiger partial charge in [0.15, 0.2) is 6.61 Å². The fourth-order valence-electron chi connectivity index (χ4n) is 2.83. The Labute approximate surface area is 197 Å². The number of nitrogens with one attached hydrogen (secondary N) is 2. The first-order valence-electron chi connectivity index (χ1n) is 10.1. The van der Waals surface area contributed by atoms with Crippen LogP contribution in [-0.2, 0) is 30.8 Å². The number of sulfonamides is 1. The summed E-state index contributed by atoms with van der Waals surface area (Å²) < 4.78 is 27.6. The number of ether oxygens (including phenoxy) is 1. The zero-order valence-corrected chi connectivity index (χ0v) is 19.8. The van der Waals surface area contributed by atoms with Gasteiger partial charge in [-0.25, -0.2) is 18.4 Å². The Morgan fingerprint density at radius 1 is 1.06 bits per heavy atom. The molecule has 0 aliphatic carbocycles. The number of hydrogen-bond donors (Lipinski definition) is 3. The van der Waals surface area contributed by atoms with E-state index in [9.17, 15) is 22.8 Å². The summed E-state index contributed by atoms with van der Waals surface area (Å²) in [6.45, 7) is 3.22. The maximum absolute atomic E-state index is 12.5. The van der Waals surface area contributed by atoms with Crippen molar-refractivity contribution in [1.29, 1.82) is 0 Å². The third kappa shape index (κ3) is 8.16. The number of nitrogens with two attached hydrogens (primary N) is 1. The summed E-state index contributed by atoms with van der Waals surface area (Å²) in [4.78, 5) is 36.9. The maximum Gasteiger partial charge on any atom is 0.329 e. The molecule has 1 atom stereocenters. The van der Waals surface area contributed by atoms with E-state index in [0.29, 0.717) is 6.42 Å². The van der Waals surface area contributed by atoms with Crippen molar-refractivity contribution in [2.75, 3.05) is 13.2 Å². The van der Waals surface area contributed by atoms with E-state index >= 15 is 0 Å². The van der Waals surface area contributed by atoms with Crippen LogP contribution < -0.4 is 15.8 Å². The predicted molar refractivity (Wildman–Crippen MR) is 123 cm³/mol. The maximum atomic E-state index is 12.5. The quantitative estimate of drug-likeness (QED) is 0.427. The van der Waals surface area contributed by atoms with Gasteiger partial charge in [-0.2, -0.15) is 0 Å². The lowest BCUT2D eigenvalue weighted by Crippen LogP contribution is -2.46. The normalized spacial score (nSPS) is 12.2. The predicted octanol–water partition coefficient (Wildman–Crippen LogP) is 1.64. The summed E-state index contributed by atoms with van der Waals surface area (Å²) in [7, 11) is -3.76. The summed E-state index contributed by atoms with van der Waals surface area (Å²) in [5, 5.41) is 10.5. The van der Waals surface area contributed by atoms with E-state index in [2.05, 4.69) is 10.6 Å². The Hall–Kier alpha value is -2.95. The largest absolute Gasteiger partial charge is 0.454 e. The van der Waals surface area contributed by atoms with Gasteiger partial charge in [0.2, 0.25) is 10.0 Å². The van der Waals surface area contributed by atoms with Crippen molar-refractivity contribution >= 4 is 39.4 Å². The highest BCUT2D eigenvalue weighted by atomic mass is 35.5. The third-order valence-corrected chi connectivity index (χ3v) is 5.92. The molecule has 0 heterocycles. The summed E-state index contributed by atoms with van der Waals surface area (Å²) >= 11 is 6.02. The van der Waals surface area contributed by atoms with Gasteiger partial charge >= 0.3 is 5.97 Å². The molecule has 2 rings (SSSR count). The molecule has 9 nitrogen and oxygen atoms in total. The van der Waals surface area contributed by atoms with Gasteiger partial charge in [0.1, 0.15) is 6.04 Å². The lowest BCUT2D eigenvalue weighted by Gasteiger charge is -2.21. The van der Waals surface area contributed by atoms with Crippen molar-refractivity contribution in [2.45, 2.75) is 31.2 Å². The van der Waals surface area contributed by atoms with Crippen molar-refractivity contribution in [3.8, 4) is 0 Å². The molecule has 0 saturated carbocycles. The van der Waals surface area contributed by atoms with E-state index in [-0.39, 0.29) is 27.9 Å². The number of carbonyl (C=O) groups is 3.